The third kappa shape index (κ3) is 5.40. The summed E-state index contributed by atoms with van der Waals surface area (Å²) < 4.78 is 35.4. The van der Waals surface area contributed by atoms with Gasteiger partial charge < -0.3 is 14.8 Å². The average molecular weight is 453 g/mol. The minimum Gasteiger partial charge on any atom is -0.493 e. The van der Waals surface area contributed by atoms with Crippen molar-refractivity contribution >= 4 is 15.5 Å². The Hall–Kier alpha value is -3.06. The number of benzene rings is 2. The van der Waals surface area contributed by atoms with E-state index in [1.54, 1.807) is 37.7 Å². The molecule has 1 heterocycles. The van der Waals surface area contributed by atoms with E-state index in [1.165, 1.54) is 19.1 Å². The van der Waals surface area contributed by atoms with Gasteiger partial charge >= 0.3 is 0 Å². The monoisotopic (exact) mass is 452 g/mol. The predicted molar refractivity (Wildman–Crippen MR) is 126 cm³/mol. The third-order valence-electron chi connectivity index (χ3n) is 5.65. The first-order chi connectivity index (χ1) is 15.4. The number of nitrogens with zero attached hydrogens (tertiary/aromatic N) is 1. The van der Waals surface area contributed by atoms with Gasteiger partial charge in [-0.1, -0.05) is 18.2 Å². The fraction of sp³-hybridized carbons (Fsp3) is 0.320. The summed E-state index contributed by atoms with van der Waals surface area (Å²) in [5.41, 5.74) is 3.57. The molecule has 0 aliphatic heterocycles. The minimum absolute atomic E-state index is 0.260. The first kappa shape index (κ1) is 22.1. The number of aromatic nitrogens is 1. The molecule has 0 bridgehead atoms. The Kier molecular flexibility index (Phi) is 6.65. The average Bonchev–Trinajstić information content (AvgIpc) is 3.31. The molecule has 1 aromatic heterocycles. The summed E-state index contributed by atoms with van der Waals surface area (Å²) in [6.45, 7) is 0.597. The van der Waals surface area contributed by atoms with Crippen LogP contribution in [0.25, 0.3) is 11.1 Å². The molecule has 7 heteroatoms. The van der Waals surface area contributed by atoms with Crippen LogP contribution in [-0.4, -0.2) is 32.9 Å². The fourth-order valence-corrected chi connectivity index (χ4v) is 4.58. The second-order valence-corrected chi connectivity index (χ2v) is 10.1. The summed E-state index contributed by atoms with van der Waals surface area (Å²) in [4.78, 5) is 4.61. The Morgan fingerprint density at radius 1 is 1.00 bits per heavy atom. The Labute approximate surface area is 189 Å². The second-order valence-electron chi connectivity index (χ2n) is 8.13. The van der Waals surface area contributed by atoms with Crippen LogP contribution >= 0.6 is 0 Å². The summed E-state index contributed by atoms with van der Waals surface area (Å²) >= 11 is 0. The quantitative estimate of drug-likeness (QED) is 0.513. The zero-order valence-electron chi connectivity index (χ0n) is 18.4. The van der Waals surface area contributed by atoms with Crippen LogP contribution in [0.5, 0.6) is 11.5 Å². The molecule has 1 aliphatic rings. The second kappa shape index (κ2) is 9.61. The predicted octanol–water partition coefficient (Wildman–Crippen LogP) is 5.09. The molecule has 0 unspecified atom stereocenters. The van der Waals surface area contributed by atoms with Crippen molar-refractivity contribution in [2.75, 3.05) is 18.7 Å². The molecular weight excluding hydrogens is 424 g/mol. The number of hydrogen-bond acceptors (Lipinski definition) is 6. The van der Waals surface area contributed by atoms with Crippen LogP contribution in [0.1, 0.15) is 31.2 Å². The molecule has 0 atom stereocenters. The van der Waals surface area contributed by atoms with Gasteiger partial charge in [-0.05, 0) is 67.1 Å². The first-order valence-corrected chi connectivity index (χ1v) is 12.6. The van der Waals surface area contributed by atoms with Gasteiger partial charge in [0.1, 0.15) is 0 Å². The lowest BCUT2D eigenvalue weighted by atomic mass is 10.1. The fourth-order valence-electron chi connectivity index (χ4n) is 3.91. The number of sulfone groups is 1. The van der Waals surface area contributed by atoms with Gasteiger partial charge in [-0.25, -0.2) is 8.42 Å². The Balaban J connectivity index is 1.49. The molecule has 1 saturated carbocycles. The van der Waals surface area contributed by atoms with Gasteiger partial charge in [0.15, 0.2) is 21.3 Å². The summed E-state index contributed by atoms with van der Waals surface area (Å²) in [6, 6.07) is 14.8. The van der Waals surface area contributed by atoms with Gasteiger partial charge in [0.2, 0.25) is 0 Å². The van der Waals surface area contributed by atoms with Crippen LogP contribution in [0.2, 0.25) is 0 Å². The molecule has 3 aromatic rings. The molecular formula is C25H28N2O4S. The largest absolute Gasteiger partial charge is 0.493 e. The van der Waals surface area contributed by atoms with Gasteiger partial charge in [-0.3, -0.25) is 4.98 Å². The number of nitrogens with one attached hydrogen (secondary N) is 1. The molecule has 1 fully saturated rings. The van der Waals surface area contributed by atoms with Crippen LogP contribution in [0.3, 0.4) is 0 Å². The maximum absolute atomic E-state index is 11.9. The van der Waals surface area contributed by atoms with Crippen molar-refractivity contribution in [2.24, 2.45) is 0 Å². The lowest BCUT2D eigenvalue weighted by molar-refractivity contribution is 0.200. The van der Waals surface area contributed by atoms with Gasteiger partial charge in [0.05, 0.1) is 23.8 Å². The maximum atomic E-state index is 11.9. The first-order valence-electron chi connectivity index (χ1n) is 10.8. The summed E-state index contributed by atoms with van der Waals surface area (Å²) in [5.74, 6) is 1.53. The Bertz CT molecular complexity index is 1190. The zero-order valence-corrected chi connectivity index (χ0v) is 19.2. The van der Waals surface area contributed by atoms with E-state index in [9.17, 15) is 8.42 Å². The molecule has 1 aliphatic carbocycles. The summed E-state index contributed by atoms with van der Waals surface area (Å²) in [5, 5.41) is 3.40. The molecule has 2 aromatic carbocycles. The van der Waals surface area contributed by atoms with E-state index >= 15 is 0 Å². The minimum atomic E-state index is -3.27. The number of anilines is 1. The van der Waals surface area contributed by atoms with Gasteiger partial charge in [-0.15, -0.1) is 0 Å². The number of ether oxygens (including phenoxy) is 2. The standard InChI is InChI=1S/C25H28N2O4S/c1-30-24-11-10-18(12-25(24)31-22-7-3-4-8-22)15-27-21-13-20(16-26-17-21)19-6-5-9-23(14-19)32(2,28)29/h5-6,9-14,16-17,22,27H,3-4,7-8,15H2,1-2H3. The lowest BCUT2D eigenvalue weighted by Gasteiger charge is -2.17. The Morgan fingerprint density at radius 3 is 2.56 bits per heavy atom. The SMILES string of the molecule is COc1ccc(CNc2cncc(-c3cccc(S(C)(=O)=O)c3)c2)cc1OC1CCCC1. The highest BCUT2D eigenvalue weighted by Gasteiger charge is 2.18. The highest BCUT2D eigenvalue weighted by atomic mass is 32.2. The van der Waals surface area contributed by atoms with E-state index in [2.05, 4.69) is 10.3 Å². The zero-order chi connectivity index (χ0) is 22.6. The van der Waals surface area contributed by atoms with Crippen molar-refractivity contribution in [3.63, 3.8) is 0 Å². The van der Waals surface area contributed by atoms with Crippen LogP contribution in [0, 0.1) is 0 Å². The number of pyridine rings is 1. The molecule has 6 nitrogen and oxygen atoms in total. The van der Waals surface area contributed by atoms with Gasteiger partial charge in [0, 0.05) is 30.8 Å². The maximum Gasteiger partial charge on any atom is 0.175 e. The molecule has 0 radical (unpaired) electrons. The Morgan fingerprint density at radius 2 is 1.81 bits per heavy atom. The topological polar surface area (TPSA) is 77.5 Å². The van der Waals surface area contributed by atoms with Crippen LogP contribution in [-0.2, 0) is 16.4 Å². The lowest BCUT2D eigenvalue weighted by Crippen LogP contribution is -2.12. The smallest absolute Gasteiger partial charge is 0.175 e. The van der Waals surface area contributed by atoms with Crippen LogP contribution in [0.15, 0.2) is 65.8 Å². The number of hydrogen-bond donors (Lipinski definition) is 1. The summed E-state index contributed by atoms with van der Waals surface area (Å²) in [7, 11) is -1.61. The molecule has 0 spiro atoms. The molecule has 0 saturated heterocycles. The number of methoxy groups -OCH3 is 1. The van der Waals surface area contributed by atoms with E-state index in [0.29, 0.717) is 11.4 Å². The van der Waals surface area contributed by atoms with E-state index in [0.717, 1.165) is 46.7 Å². The highest BCUT2D eigenvalue weighted by molar-refractivity contribution is 7.90. The molecule has 1 N–H and O–H groups in total. The van der Waals surface area contributed by atoms with Crippen molar-refractivity contribution in [1.82, 2.24) is 4.98 Å². The van der Waals surface area contributed by atoms with E-state index < -0.39 is 9.84 Å². The van der Waals surface area contributed by atoms with Crippen molar-refractivity contribution in [3.8, 4) is 22.6 Å². The molecule has 0 amide bonds. The van der Waals surface area contributed by atoms with Gasteiger partial charge in [0.25, 0.3) is 0 Å². The van der Waals surface area contributed by atoms with Crippen molar-refractivity contribution in [1.29, 1.82) is 0 Å². The summed E-state index contributed by atoms with van der Waals surface area (Å²) in [6.07, 6.45) is 9.55. The van der Waals surface area contributed by atoms with Gasteiger partial charge in [-0.2, -0.15) is 0 Å². The number of rotatable bonds is 8. The third-order valence-corrected chi connectivity index (χ3v) is 6.76. The van der Waals surface area contributed by atoms with Crippen LogP contribution in [0.4, 0.5) is 5.69 Å². The van der Waals surface area contributed by atoms with E-state index in [4.69, 9.17) is 9.47 Å². The van der Waals surface area contributed by atoms with Crippen molar-refractivity contribution < 1.29 is 17.9 Å². The normalized spacial score (nSPS) is 14.3. The molecule has 168 valence electrons. The van der Waals surface area contributed by atoms with Crippen molar-refractivity contribution in [2.45, 2.75) is 43.2 Å². The molecule has 32 heavy (non-hydrogen) atoms. The van der Waals surface area contributed by atoms with E-state index in [1.807, 2.05) is 30.3 Å². The van der Waals surface area contributed by atoms with Crippen LogP contribution < -0.4 is 14.8 Å². The highest BCUT2D eigenvalue weighted by Crippen LogP contribution is 2.33. The van der Waals surface area contributed by atoms with Crippen molar-refractivity contribution in [3.05, 3.63) is 66.5 Å². The van der Waals surface area contributed by atoms with E-state index in [-0.39, 0.29) is 6.10 Å². The molecule has 4 rings (SSSR count).